The number of halogens is 1. The Morgan fingerprint density at radius 1 is 1.17 bits per heavy atom. The molecule has 0 saturated heterocycles. The zero-order chi connectivity index (χ0) is 17.0. The molecule has 0 atom stereocenters. The summed E-state index contributed by atoms with van der Waals surface area (Å²) in [6, 6.07) is 12.0. The Balaban J connectivity index is 2.31. The normalized spacial score (nSPS) is 10.1. The van der Waals surface area contributed by atoms with Gasteiger partial charge in [-0.2, -0.15) is 0 Å². The Morgan fingerprint density at radius 3 is 2.52 bits per heavy atom. The van der Waals surface area contributed by atoms with Crippen LogP contribution in [0.1, 0.15) is 15.9 Å². The van der Waals surface area contributed by atoms with Gasteiger partial charge in [-0.15, -0.1) is 0 Å². The molecule has 0 aliphatic heterocycles. The number of aryl methyl sites for hydroxylation is 1. The molecule has 120 valence electrons. The van der Waals surface area contributed by atoms with Gasteiger partial charge in [0.15, 0.2) is 0 Å². The average molecular weight is 333 g/mol. The number of rotatable bonds is 3. The van der Waals surface area contributed by atoms with E-state index >= 15 is 0 Å². The number of para-hydroxylation sites is 1. The highest BCUT2D eigenvalue weighted by molar-refractivity contribution is 6.30. The second-order valence-corrected chi connectivity index (χ2v) is 5.40. The predicted octanol–water partition coefficient (Wildman–Crippen LogP) is 4.10. The number of anilines is 2. The number of carbonyl (C=O) groups excluding carboxylic acids is 2. The first kappa shape index (κ1) is 16.8. The molecule has 1 N–H and O–H groups in total. The lowest BCUT2D eigenvalue weighted by Gasteiger charge is -2.19. The Morgan fingerprint density at radius 2 is 1.87 bits per heavy atom. The van der Waals surface area contributed by atoms with Gasteiger partial charge >= 0.3 is 6.09 Å². The Kier molecular flexibility index (Phi) is 5.24. The van der Waals surface area contributed by atoms with Crippen molar-refractivity contribution in [3.63, 3.8) is 0 Å². The number of nitrogens with zero attached hydrogens (tertiary/aromatic N) is 1. The number of nitrogens with one attached hydrogen (secondary N) is 1. The van der Waals surface area contributed by atoms with Crippen LogP contribution in [0.2, 0.25) is 5.02 Å². The largest absolute Gasteiger partial charge is 0.452 e. The Bertz CT molecular complexity index is 746. The van der Waals surface area contributed by atoms with Crippen molar-refractivity contribution in [1.82, 2.24) is 0 Å². The predicted molar refractivity (Wildman–Crippen MR) is 91.4 cm³/mol. The molecule has 0 unspecified atom stereocenters. The fourth-order valence-electron chi connectivity index (χ4n) is 2.15. The molecule has 0 aliphatic carbocycles. The van der Waals surface area contributed by atoms with E-state index in [-0.39, 0.29) is 5.91 Å². The summed E-state index contributed by atoms with van der Waals surface area (Å²) >= 11 is 5.92. The van der Waals surface area contributed by atoms with Crippen molar-refractivity contribution in [3.05, 3.63) is 58.6 Å². The summed E-state index contributed by atoms with van der Waals surface area (Å²) in [5.74, 6) is -0.318. The van der Waals surface area contributed by atoms with Crippen molar-refractivity contribution >= 4 is 35.0 Å². The topological polar surface area (TPSA) is 58.6 Å². The van der Waals surface area contributed by atoms with E-state index in [2.05, 4.69) is 5.32 Å². The number of carbonyl (C=O) groups is 2. The number of hydrogen-bond acceptors (Lipinski definition) is 3. The maximum absolute atomic E-state index is 12.6. The van der Waals surface area contributed by atoms with Crippen LogP contribution in [0.15, 0.2) is 42.5 Å². The van der Waals surface area contributed by atoms with Gasteiger partial charge in [-0.05, 0) is 42.8 Å². The zero-order valence-corrected chi connectivity index (χ0v) is 13.8. The third-order valence-corrected chi connectivity index (χ3v) is 3.63. The van der Waals surface area contributed by atoms with Gasteiger partial charge in [0, 0.05) is 17.8 Å². The van der Waals surface area contributed by atoms with Gasteiger partial charge in [-0.3, -0.25) is 9.69 Å². The zero-order valence-electron chi connectivity index (χ0n) is 13.1. The lowest BCUT2D eigenvalue weighted by atomic mass is 10.1. The van der Waals surface area contributed by atoms with E-state index in [9.17, 15) is 9.59 Å². The fraction of sp³-hybridized carbons (Fsp3) is 0.176. The highest BCUT2D eigenvalue weighted by atomic mass is 35.5. The lowest BCUT2D eigenvalue weighted by molar-refractivity contribution is 0.102. The lowest BCUT2D eigenvalue weighted by Crippen LogP contribution is -2.28. The standard InChI is InChI=1S/C17H17ClN2O3/c1-11-10-12(18)8-9-14(11)19-16(21)13-6-4-5-7-15(13)20(2)17(22)23-3/h4-10H,1-3H3,(H,19,21). The van der Waals surface area contributed by atoms with Crippen LogP contribution in [0.4, 0.5) is 16.2 Å². The van der Waals surface area contributed by atoms with E-state index in [1.807, 2.05) is 6.92 Å². The first-order chi connectivity index (χ1) is 10.9. The third kappa shape index (κ3) is 3.81. The molecule has 0 aromatic heterocycles. The van der Waals surface area contributed by atoms with E-state index < -0.39 is 6.09 Å². The van der Waals surface area contributed by atoms with E-state index in [4.69, 9.17) is 16.3 Å². The van der Waals surface area contributed by atoms with Gasteiger partial charge in [0.25, 0.3) is 5.91 Å². The maximum Gasteiger partial charge on any atom is 0.413 e. The van der Waals surface area contributed by atoms with Crippen molar-refractivity contribution in [2.45, 2.75) is 6.92 Å². The SMILES string of the molecule is COC(=O)N(C)c1ccccc1C(=O)Nc1ccc(Cl)cc1C. The molecular formula is C17H17ClN2O3. The van der Waals surface area contributed by atoms with Crippen LogP contribution in [0.25, 0.3) is 0 Å². The van der Waals surface area contributed by atoms with Gasteiger partial charge < -0.3 is 10.1 Å². The van der Waals surface area contributed by atoms with Gasteiger partial charge in [-0.25, -0.2) is 4.79 Å². The summed E-state index contributed by atoms with van der Waals surface area (Å²) in [6.45, 7) is 1.86. The van der Waals surface area contributed by atoms with Crippen molar-refractivity contribution in [2.24, 2.45) is 0 Å². The Hall–Kier alpha value is -2.53. The van der Waals surface area contributed by atoms with Crippen LogP contribution >= 0.6 is 11.6 Å². The summed E-state index contributed by atoms with van der Waals surface area (Å²) < 4.78 is 4.69. The van der Waals surface area contributed by atoms with Crippen molar-refractivity contribution in [1.29, 1.82) is 0 Å². The summed E-state index contributed by atoms with van der Waals surface area (Å²) in [5.41, 5.74) is 2.35. The van der Waals surface area contributed by atoms with Crippen LogP contribution in [0.5, 0.6) is 0 Å². The highest BCUT2D eigenvalue weighted by Gasteiger charge is 2.19. The molecule has 2 aromatic carbocycles. The summed E-state index contributed by atoms with van der Waals surface area (Å²) in [6.07, 6.45) is -0.548. The first-order valence-electron chi connectivity index (χ1n) is 6.92. The van der Waals surface area contributed by atoms with Crippen molar-refractivity contribution in [2.75, 3.05) is 24.4 Å². The number of hydrogen-bond donors (Lipinski definition) is 1. The van der Waals surface area contributed by atoms with Crippen molar-refractivity contribution in [3.8, 4) is 0 Å². The third-order valence-electron chi connectivity index (χ3n) is 3.40. The molecule has 5 nitrogen and oxygen atoms in total. The minimum atomic E-state index is -0.548. The van der Waals surface area contributed by atoms with Crippen LogP contribution in [-0.4, -0.2) is 26.2 Å². The molecule has 0 saturated carbocycles. The molecule has 0 aliphatic rings. The molecule has 2 aromatic rings. The Labute approximate surface area is 139 Å². The molecule has 23 heavy (non-hydrogen) atoms. The quantitative estimate of drug-likeness (QED) is 0.920. The summed E-state index contributed by atoms with van der Waals surface area (Å²) in [5, 5.41) is 3.43. The fourth-order valence-corrected chi connectivity index (χ4v) is 2.38. The van der Waals surface area contributed by atoms with E-state index in [0.29, 0.717) is 22.0 Å². The van der Waals surface area contributed by atoms with E-state index in [1.54, 1.807) is 49.5 Å². The minimum absolute atomic E-state index is 0.318. The summed E-state index contributed by atoms with van der Waals surface area (Å²) in [7, 11) is 2.84. The maximum atomic E-state index is 12.6. The molecule has 0 spiro atoms. The number of methoxy groups -OCH3 is 1. The summed E-state index contributed by atoms with van der Waals surface area (Å²) in [4.78, 5) is 25.5. The highest BCUT2D eigenvalue weighted by Crippen LogP contribution is 2.24. The van der Waals surface area contributed by atoms with Crippen LogP contribution in [-0.2, 0) is 4.74 Å². The molecule has 0 fully saturated rings. The average Bonchev–Trinajstić information content (AvgIpc) is 2.55. The van der Waals surface area contributed by atoms with Crippen LogP contribution < -0.4 is 10.2 Å². The molecule has 2 rings (SSSR count). The first-order valence-corrected chi connectivity index (χ1v) is 7.30. The minimum Gasteiger partial charge on any atom is -0.452 e. The van der Waals surface area contributed by atoms with E-state index in [0.717, 1.165) is 5.56 Å². The van der Waals surface area contributed by atoms with Gasteiger partial charge in [0.2, 0.25) is 0 Å². The smallest absolute Gasteiger partial charge is 0.413 e. The number of ether oxygens (including phenoxy) is 1. The van der Waals surface area contributed by atoms with Crippen LogP contribution in [0.3, 0.4) is 0 Å². The van der Waals surface area contributed by atoms with Crippen molar-refractivity contribution < 1.29 is 14.3 Å². The molecular weight excluding hydrogens is 316 g/mol. The molecule has 0 radical (unpaired) electrons. The number of benzene rings is 2. The number of amides is 2. The van der Waals surface area contributed by atoms with Gasteiger partial charge in [0.05, 0.1) is 18.4 Å². The molecule has 0 heterocycles. The van der Waals surface area contributed by atoms with Gasteiger partial charge in [-0.1, -0.05) is 23.7 Å². The van der Waals surface area contributed by atoms with E-state index in [1.165, 1.54) is 12.0 Å². The second-order valence-electron chi connectivity index (χ2n) is 4.96. The van der Waals surface area contributed by atoms with Crippen LogP contribution in [0, 0.1) is 6.92 Å². The molecule has 6 heteroatoms. The molecule has 0 bridgehead atoms. The van der Waals surface area contributed by atoms with Gasteiger partial charge in [0.1, 0.15) is 0 Å². The monoisotopic (exact) mass is 332 g/mol. The second kappa shape index (κ2) is 7.15. The molecule has 2 amide bonds.